The van der Waals surface area contributed by atoms with Crippen molar-refractivity contribution in [2.45, 2.75) is 39.7 Å². The van der Waals surface area contributed by atoms with Gasteiger partial charge >= 0.3 is 0 Å². The first-order valence-corrected chi connectivity index (χ1v) is 8.87. The van der Waals surface area contributed by atoms with Crippen molar-refractivity contribution in [2.75, 3.05) is 18.4 Å². The van der Waals surface area contributed by atoms with Gasteiger partial charge in [0.1, 0.15) is 5.69 Å². The molecule has 1 atom stereocenters. The van der Waals surface area contributed by atoms with Crippen LogP contribution in [0.1, 0.15) is 47.7 Å². The maximum absolute atomic E-state index is 12.7. The molecule has 1 aliphatic rings. The molecule has 0 spiro atoms. The topological polar surface area (TPSA) is 80.1 Å². The van der Waals surface area contributed by atoms with Gasteiger partial charge in [-0.25, -0.2) is 4.98 Å². The number of aryl methyl sites for hydroxylation is 2. The fourth-order valence-corrected chi connectivity index (χ4v) is 3.83. The Morgan fingerprint density at radius 1 is 1.38 bits per heavy atom. The summed E-state index contributed by atoms with van der Waals surface area (Å²) in [6.07, 6.45) is 1.96. The Hall–Kier alpha value is -2.22. The second kappa shape index (κ2) is 6.72. The van der Waals surface area contributed by atoms with Crippen molar-refractivity contribution in [3.63, 3.8) is 0 Å². The number of carbonyl (C=O) groups is 2. The number of likely N-dealkylation sites (tertiary alicyclic amines) is 1. The van der Waals surface area contributed by atoms with E-state index in [1.807, 2.05) is 23.4 Å². The molecule has 0 aliphatic carbocycles. The summed E-state index contributed by atoms with van der Waals surface area (Å²) in [6, 6.07) is 2.26. The lowest BCUT2D eigenvalue weighted by Gasteiger charge is -2.33. The molecule has 128 valence electrons. The quantitative estimate of drug-likeness (QED) is 0.924. The van der Waals surface area contributed by atoms with Gasteiger partial charge < -0.3 is 10.2 Å². The maximum atomic E-state index is 12.7. The number of amides is 2. The van der Waals surface area contributed by atoms with Crippen LogP contribution in [0.25, 0.3) is 0 Å². The highest BCUT2D eigenvalue weighted by molar-refractivity contribution is 7.14. The van der Waals surface area contributed by atoms with Crippen molar-refractivity contribution in [1.29, 1.82) is 0 Å². The number of hydrogen-bond acceptors (Lipinski definition) is 5. The van der Waals surface area contributed by atoms with Gasteiger partial charge in [0.15, 0.2) is 5.13 Å². The SMILES string of the molecule is CC(=O)Nc1nc(C(=O)N2CCCC(n3nc(C)cc3C)C2)cs1. The molecule has 24 heavy (non-hydrogen) atoms. The van der Waals surface area contributed by atoms with Crippen LogP contribution >= 0.6 is 11.3 Å². The van der Waals surface area contributed by atoms with Crippen LogP contribution in [-0.4, -0.2) is 44.6 Å². The van der Waals surface area contributed by atoms with Crippen LogP contribution in [0.5, 0.6) is 0 Å². The number of anilines is 1. The van der Waals surface area contributed by atoms with Gasteiger partial charge in [0.05, 0.1) is 11.7 Å². The molecular weight excluding hydrogens is 326 g/mol. The van der Waals surface area contributed by atoms with Gasteiger partial charge in [0.2, 0.25) is 5.91 Å². The molecule has 0 aromatic carbocycles. The molecule has 1 aliphatic heterocycles. The van der Waals surface area contributed by atoms with Gasteiger partial charge in [-0.15, -0.1) is 11.3 Å². The lowest BCUT2D eigenvalue weighted by Crippen LogP contribution is -2.41. The smallest absolute Gasteiger partial charge is 0.273 e. The maximum Gasteiger partial charge on any atom is 0.273 e. The van der Waals surface area contributed by atoms with E-state index < -0.39 is 0 Å². The first-order valence-electron chi connectivity index (χ1n) is 7.99. The molecule has 2 aromatic rings. The molecule has 1 N–H and O–H groups in total. The molecule has 0 saturated carbocycles. The van der Waals surface area contributed by atoms with E-state index in [0.717, 1.165) is 30.8 Å². The summed E-state index contributed by atoms with van der Waals surface area (Å²) in [5, 5.41) is 9.32. The molecule has 7 nitrogen and oxygen atoms in total. The van der Waals surface area contributed by atoms with E-state index in [0.29, 0.717) is 17.4 Å². The van der Waals surface area contributed by atoms with Gasteiger partial charge in [0, 0.05) is 31.1 Å². The highest BCUT2D eigenvalue weighted by atomic mass is 32.1. The average Bonchev–Trinajstić information content (AvgIpc) is 3.12. The summed E-state index contributed by atoms with van der Waals surface area (Å²) in [5.41, 5.74) is 2.50. The van der Waals surface area contributed by atoms with E-state index in [4.69, 9.17) is 0 Å². The third kappa shape index (κ3) is 3.48. The Kier molecular flexibility index (Phi) is 4.66. The van der Waals surface area contributed by atoms with Gasteiger partial charge in [-0.2, -0.15) is 5.10 Å². The van der Waals surface area contributed by atoms with E-state index in [9.17, 15) is 9.59 Å². The molecule has 1 fully saturated rings. The van der Waals surface area contributed by atoms with Crippen molar-refractivity contribution in [2.24, 2.45) is 0 Å². The first-order chi connectivity index (χ1) is 11.4. The van der Waals surface area contributed by atoms with Crippen LogP contribution in [-0.2, 0) is 4.79 Å². The zero-order valence-corrected chi connectivity index (χ0v) is 14.9. The summed E-state index contributed by atoms with van der Waals surface area (Å²) in [5.74, 6) is -0.278. The zero-order valence-electron chi connectivity index (χ0n) is 14.1. The molecule has 8 heteroatoms. The lowest BCUT2D eigenvalue weighted by atomic mass is 10.1. The minimum Gasteiger partial charge on any atom is -0.335 e. The number of piperidine rings is 1. The minimum absolute atomic E-state index is 0.0888. The van der Waals surface area contributed by atoms with Crippen LogP contribution < -0.4 is 5.32 Å². The van der Waals surface area contributed by atoms with E-state index in [1.165, 1.54) is 18.3 Å². The van der Waals surface area contributed by atoms with Crippen LogP contribution in [0.2, 0.25) is 0 Å². The van der Waals surface area contributed by atoms with E-state index >= 15 is 0 Å². The fourth-order valence-electron chi connectivity index (χ4n) is 3.10. The largest absolute Gasteiger partial charge is 0.335 e. The Balaban J connectivity index is 1.72. The van der Waals surface area contributed by atoms with Crippen LogP contribution in [0, 0.1) is 13.8 Å². The summed E-state index contributed by atoms with van der Waals surface area (Å²) in [6.45, 7) is 6.80. The predicted octanol–water partition coefficient (Wildman–Crippen LogP) is 2.39. The van der Waals surface area contributed by atoms with Crippen LogP contribution in [0.4, 0.5) is 5.13 Å². The highest BCUT2D eigenvalue weighted by Gasteiger charge is 2.28. The second-order valence-corrected chi connectivity index (χ2v) is 7.00. The van der Waals surface area contributed by atoms with E-state index in [-0.39, 0.29) is 17.9 Å². The third-order valence-corrected chi connectivity index (χ3v) is 4.84. The Bertz CT molecular complexity index is 766. The summed E-state index contributed by atoms with van der Waals surface area (Å²) in [7, 11) is 0. The van der Waals surface area contributed by atoms with Crippen LogP contribution in [0.3, 0.4) is 0 Å². The summed E-state index contributed by atoms with van der Waals surface area (Å²) in [4.78, 5) is 29.8. The fraction of sp³-hybridized carbons (Fsp3) is 0.500. The molecule has 0 bridgehead atoms. The number of hydrogen-bond donors (Lipinski definition) is 1. The second-order valence-electron chi connectivity index (χ2n) is 6.14. The van der Waals surface area contributed by atoms with Crippen molar-refractivity contribution >= 4 is 28.3 Å². The van der Waals surface area contributed by atoms with Gasteiger partial charge in [-0.05, 0) is 32.8 Å². The van der Waals surface area contributed by atoms with Gasteiger partial charge in [-0.1, -0.05) is 0 Å². The van der Waals surface area contributed by atoms with Gasteiger partial charge in [0.25, 0.3) is 5.91 Å². The molecular formula is C16H21N5O2S. The highest BCUT2D eigenvalue weighted by Crippen LogP contribution is 2.25. The Morgan fingerprint density at radius 2 is 2.17 bits per heavy atom. The molecule has 2 aromatic heterocycles. The monoisotopic (exact) mass is 347 g/mol. The minimum atomic E-state index is -0.189. The lowest BCUT2D eigenvalue weighted by molar-refractivity contribution is -0.114. The van der Waals surface area contributed by atoms with Crippen molar-refractivity contribution < 1.29 is 9.59 Å². The molecule has 1 saturated heterocycles. The van der Waals surface area contributed by atoms with E-state index in [2.05, 4.69) is 21.5 Å². The molecule has 2 amide bonds. The van der Waals surface area contributed by atoms with Crippen LogP contribution in [0.15, 0.2) is 11.4 Å². The Labute approximate surface area is 144 Å². The normalized spacial score (nSPS) is 17.8. The number of nitrogens with one attached hydrogen (secondary N) is 1. The Morgan fingerprint density at radius 3 is 2.83 bits per heavy atom. The van der Waals surface area contributed by atoms with Crippen molar-refractivity contribution in [1.82, 2.24) is 19.7 Å². The predicted molar refractivity (Wildman–Crippen MR) is 92.3 cm³/mol. The third-order valence-electron chi connectivity index (χ3n) is 4.08. The number of thiazole rings is 1. The molecule has 3 heterocycles. The van der Waals surface area contributed by atoms with E-state index in [1.54, 1.807) is 5.38 Å². The average molecular weight is 347 g/mol. The number of rotatable bonds is 3. The summed E-state index contributed by atoms with van der Waals surface area (Å²) >= 11 is 1.27. The zero-order chi connectivity index (χ0) is 17.3. The molecule has 3 rings (SSSR count). The first kappa shape index (κ1) is 16.6. The number of aromatic nitrogens is 3. The van der Waals surface area contributed by atoms with Gasteiger partial charge in [-0.3, -0.25) is 14.3 Å². The molecule has 1 unspecified atom stereocenters. The summed E-state index contributed by atoms with van der Waals surface area (Å²) < 4.78 is 2.03. The van der Waals surface area contributed by atoms with Crippen molar-refractivity contribution in [3.8, 4) is 0 Å². The molecule has 0 radical (unpaired) electrons. The standard InChI is InChI=1S/C16H21N5O2S/c1-10-7-11(2)21(19-10)13-5-4-6-20(8-13)15(23)14-9-24-16(18-14)17-12(3)22/h7,9,13H,4-6,8H2,1-3H3,(H,17,18,22). The number of nitrogens with zero attached hydrogens (tertiary/aromatic N) is 4. The number of carbonyl (C=O) groups excluding carboxylic acids is 2. The van der Waals surface area contributed by atoms with Crippen molar-refractivity contribution in [3.05, 3.63) is 28.5 Å².